The van der Waals surface area contributed by atoms with Crippen molar-refractivity contribution in [3.63, 3.8) is 0 Å². The maximum absolute atomic E-state index is 12.1. The first-order valence-electron chi connectivity index (χ1n) is 8.87. The van der Waals surface area contributed by atoms with Gasteiger partial charge in [0.2, 0.25) is 0 Å². The van der Waals surface area contributed by atoms with E-state index in [1.54, 1.807) is 25.1 Å². The molecule has 0 saturated heterocycles. The molecule has 0 aliphatic carbocycles. The first-order chi connectivity index (χ1) is 12.7. The molecular formula is C21H24N2O4. The fourth-order valence-electron chi connectivity index (χ4n) is 2.68. The van der Waals surface area contributed by atoms with Crippen LogP contribution in [-0.4, -0.2) is 24.5 Å². The highest BCUT2D eigenvalue weighted by Crippen LogP contribution is 2.32. The van der Waals surface area contributed by atoms with Gasteiger partial charge in [0.25, 0.3) is 11.8 Å². The zero-order valence-electron chi connectivity index (χ0n) is 16.0. The first-order valence-corrected chi connectivity index (χ1v) is 8.87. The molecule has 0 spiro atoms. The molecule has 6 heteroatoms. The van der Waals surface area contributed by atoms with Crippen molar-refractivity contribution in [2.45, 2.75) is 39.2 Å². The van der Waals surface area contributed by atoms with Crippen LogP contribution in [0.25, 0.3) is 0 Å². The Bertz CT molecular complexity index is 853. The fourth-order valence-corrected chi connectivity index (χ4v) is 2.68. The van der Waals surface area contributed by atoms with Gasteiger partial charge in [-0.05, 0) is 48.2 Å². The SMILES string of the molecule is CC1Oc2ccc(NC(=O)COc3ccc(C(C)(C)C)cc3)cc2NC1=O. The molecule has 27 heavy (non-hydrogen) atoms. The van der Waals surface area contributed by atoms with Crippen molar-refractivity contribution < 1.29 is 19.1 Å². The van der Waals surface area contributed by atoms with Gasteiger partial charge in [-0.1, -0.05) is 32.9 Å². The summed E-state index contributed by atoms with van der Waals surface area (Å²) in [5.41, 5.74) is 2.37. The molecule has 0 saturated carbocycles. The van der Waals surface area contributed by atoms with Crippen molar-refractivity contribution in [3.05, 3.63) is 48.0 Å². The fraction of sp³-hybridized carbons (Fsp3) is 0.333. The minimum absolute atomic E-state index is 0.0687. The molecular weight excluding hydrogens is 344 g/mol. The van der Waals surface area contributed by atoms with Crippen LogP contribution in [0.2, 0.25) is 0 Å². The molecule has 1 heterocycles. The second-order valence-corrected chi connectivity index (χ2v) is 7.57. The third-order valence-electron chi connectivity index (χ3n) is 4.28. The van der Waals surface area contributed by atoms with Crippen LogP contribution in [0.5, 0.6) is 11.5 Å². The lowest BCUT2D eigenvalue weighted by Gasteiger charge is -2.23. The molecule has 1 aliphatic heterocycles. The summed E-state index contributed by atoms with van der Waals surface area (Å²) < 4.78 is 11.0. The third kappa shape index (κ3) is 4.58. The lowest BCUT2D eigenvalue weighted by atomic mass is 9.87. The number of carbonyl (C=O) groups excluding carboxylic acids is 2. The molecule has 0 radical (unpaired) electrons. The Labute approximate surface area is 158 Å². The van der Waals surface area contributed by atoms with Crippen molar-refractivity contribution in [1.82, 2.24) is 0 Å². The lowest BCUT2D eigenvalue weighted by Crippen LogP contribution is -2.34. The summed E-state index contributed by atoms with van der Waals surface area (Å²) in [6.07, 6.45) is -0.531. The monoisotopic (exact) mass is 368 g/mol. The molecule has 0 aromatic heterocycles. The average Bonchev–Trinajstić information content (AvgIpc) is 2.61. The number of rotatable bonds is 4. The number of nitrogens with one attached hydrogen (secondary N) is 2. The number of benzene rings is 2. The molecule has 1 unspecified atom stereocenters. The van der Waals surface area contributed by atoms with Gasteiger partial charge >= 0.3 is 0 Å². The zero-order chi connectivity index (χ0) is 19.6. The van der Waals surface area contributed by atoms with Crippen molar-refractivity contribution in [1.29, 1.82) is 0 Å². The number of fused-ring (bicyclic) bond motifs is 1. The van der Waals surface area contributed by atoms with Crippen molar-refractivity contribution in [2.75, 3.05) is 17.2 Å². The Hall–Kier alpha value is -3.02. The Morgan fingerprint density at radius 3 is 2.56 bits per heavy atom. The minimum atomic E-state index is -0.531. The van der Waals surface area contributed by atoms with Crippen LogP contribution >= 0.6 is 0 Å². The van der Waals surface area contributed by atoms with Crippen LogP contribution in [-0.2, 0) is 15.0 Å². The summed E-state index contributed by atoms with van der Waals surface area (Å²) in [6.45, 7) is 8.00. The van der Waals surface area contributed by atoms with E-state index in [0.717, 1.165) is 0 Å². The molecule has 6 nitrogen and oxygen atoms in total. The van der Waals surface area contributed by atoms with Crippen LogP contribution in [0.1, 0.15) is 33.3 Å². The molecule has 1 atom stereocenters. The van der Waals surface area contributed by atoms with Crippen molar-refractivity contribution in [2.24, 2.45) is 0 Å². The summed E-state index contributed by atoms with van der Waals surface area (Å²) >= 11 is 0. The van der Waals surface area contributed by atoms with E-state index in [1.807, 2.05) is 24.3 Å². The quantitative estimate of drug-likeness (QED) is 0.862. The van der Waals surface area contributed by atoms with E-state index in [9.17, 15) is 9.59 Å². The van der Waals surface area contributed by atoms with Gasteiger partial charge in [-0.15, -0.1) is 0 Å². The summed E-state index contributed by atoms with van der Waals surface area (Å²) in [5.74, 6) is 0.716. The number of hydrogen-bond acceptors (Lipinski definition) is 4. The maximum atomic E-state index is 12.1. The first kappa shape index (κ1) is 18.8. The zero-order valence-corrected chi connectivity index (χ0v) is 16.0. The standard InChI is InChI=1S/C21H24N2O4/c1-13-20(25)23-17-11-15(7-10-18(17)27-13)22-19(24)12-26-16-8-5-14(6-9-16)21(2,3)4/h5-11,13H,12H2,1-4H3,(H,22,24)(H,23,25). The van der Waals surface area contributed by atoms with E-state index in [0.29, 0.717) is 22.9 Å². The Kier molecular flexibility index (Phi) is 5.08. The van der Waals surface area contributed by atoms with Gasteiger partial charge in [-0.25, -0.2) is 0 Å². The van der Waals surface area contributed by atoms with Gasteiger partial charge in [0.1, 0.15) is 11.5 Å². The molecule has 2 aromatic carbocycles. The molecule has 2 N–H and O–H groups in total. The Morgan fingerprint density at radius 2 is 1.89 bits per heavy atom. The van der Waals surface area contributed by atoms with Gasteiger partial charge in [0.15, 0.2) is 12.7 Å². The molecule has 1 aliphatic rings. The van der Waals surface area contributed by atoms with Gasteiger partial charge in [-0.2, -0.15) is 0 Å². The number of amides is 2. The number of ether oxygens (including phenoxy) is 2. The summed E-state index contributed by atoms with van der Waals surface area (Å²) in [5, 5.41) is 5.51. The number of hydrogen-bond donors (Lipinski definition) is 2. The Morgan fingerprint density at radius 1 is 1.19 bits per heavy atom. The van der Waals surface area contributed by atoms with Gasteiger partial charge in [0, 0.05) is 5.69 Å². The highest BCUT2D eigenvalue weighted by molar-refractivity contribution is 5.99. The van der Waals surface area contributed by atoms with Gasteiger partial charge < -0.3 is 20.1 Å². The van der Waals surface area contributed by atoms with E-state index >= 15 is 0 Å². The lowest BCUT2D eigenvalue weighted by molar-refractivity contribution is -0.122. The van der Waals surface area contributed by atoms with E-state index in [1.165, 1.54) is 5.56 Å². The molecule has 142 valence electrons. The van der Waals surface area contributed by atoms with E-state index in [4.69, 9.17) is 9.47 Å². The molecule has 2 amide bonds. The van der Waals surface area contributed by atoms with Crippen LogP contribution in [0.3, 0.4) is 0 Å². The maximum Gasteiger partial charge on any atom is 0.265 e. The second-order valence-electron chi connectivity index (χ2n) is 7.57. The minimum Gasteiger partial charge on any atom is -0.484 e. The van der Waals surface area contributed by atoms with E-state index in [-0.39, 0.29) is 23.8 Å². The predicted octanol–water partition coefficient (Wildman–Crippen LogP) is 3.72. The van der Waals surface area contributed by atoms with Crippen LogP contribution in [0, 0.1) is 0 Å². The smallest absolute Gasteiger partial charge is 0.265 e. The highest BCUT2D eigenvalue weighted by Gasteiger charge is 2.23. The summed E-state index contributed by atoms with van der Waals surface area (Å²) in [4.78, 5) is 23.8. The van der Waals surface area contributed by atoms with Gasteiger partial charge in [0.05, 0.1) is 5.69 Å². The van der Waals surface area contributed by atoms with Crippen LogP contribution < -0.4 is 20.1 Å². The largest absolute Gasteiger partial charge is 0.484 e. The summed E-state index contributed by atoms with van der Waals surface area (Å²) in [6, 6.07) is 12.8. The second kappa shape index (κ2) is 7.31. The topological polar surface area (TPSA) is 76.7 Å². The normalized spacial score (nSPS) is 16.0. The van der Waals surface area contributed by atoms with Gasteiger partial charge in [-0.3, -0.25) is 9.59 Å². The molecule has 3 rings (SSSR count). The van der Waals surface area contributed by atoms with Crippen molar-refractivity contribution in [3.8, 4) is 11.5 Å². The highest BCUT2D eigenvalue weighted by atomic mass is 16.5. The summed E-state index contributed by atoms with van der Waals surface area (Å²) in [7, 11) is 0. The number of carbonyl (C=O) groups is 2. The molecule has 2 aromatic rings. The van der Waals surface area contributed by atoms with E-state index in [2.05, 4.69) is 31.4 Å². The Balaban J connectivity index is 1.57. The average molecular weight is 368 g/mol. The predicted molar refractivity (Wildman–Crippen MR) is 104 cm³/mol. The van der Waals surface area contributed by atoms with E-state index < -0.39 is 6.10 Å². The molecule has 0 bridgehead atoms. The van der Waals surface area contributed by atoms with Crippen LogP contribution in [0.15, 0.2) is 42.5 Å². The number of anilines is 2. The third-order valence-corrected chi connectivity index (χ3v) is 4.28. The van der Waals surface area contributed by atoms with Crippen LogP contribution in [0.4, 0.5) is 11.4 Å². The van der Waals surface area contributed by atoms with Crippen molar-refractivity contribution >= 4 is 23.2 Å². The molecule has 0 fully saturated rings.